The molecule has 0 radical (unpaired) electrons. The van der Waals surface area contributed by atoms with Crippen molar-refractivity contribution in [2.75, 3.05) is 28.1 Å². The van der Waals surface area contributed by atoms with Gasteiger partial charge in [0.05, 0.1) is 27.2 Å². The Bertz CT molecular complexity index is 1250. The van der Waals surface area contributed by atoms with E-state index in [0.29, 0.717) is 28.6 Å². The maximum absolute atomic E-state index is 13.4. The van der Waals surface area contributed by atoms with E-state index in [1.165, 1.54) is 7.11 Å². The summed E-state index contributed by atoms with van der Waals surface area (Å²) < 4.78 is 34.6. The number of nitrogens with zero attached hydrogens (tertiary/aromatic N) is 1. The fourth-order valence-corrected chi connectivity index (χ4v) is 6.38. The fourth-order valence-electron chi connectivity index (χ4n) is 4.96. The predicted octanol–water partition coefficient (Wildman–Crippen LogP) is 5.50. The number of hydrogen-bond donors (Lipinski definition) is 0. The van der Waals surface area contributed by atoms with Crippen molar-refractivity contribution in [3.63, 3.8) is 0 Å². The molecular formula is C28H35NO7Si. The number of benzene rings is 2. The molecule has 8 nitrogen and oxygen atoms in total. The predicted molar refractivity (Wildman–Crippen MR) is 140 cm³/mol. The maximum atomic E-state index is 13.4. The Morgan fingerprint density at radius 2 is 1.70 bits per heavy atom. The molecule has 37 heavy (non-hydrogen) atoms. The Hall–Kier alpha value is -3.22. The van der Waals surface area contributed by atoms with Crippen molar-refractivity contribution in [2.24, 2.45) is 5.92 Å². The second kappa shape index (κ2) is 9.58. The van der Waals surface area contributed by atoms with Crippen LogP contribution in [-0.2, 0) is 19.6 Å². The summed E-state index contributed by atoms with van der Waals surface area (Å²) in [6, 6.07) is 11.8. The third-order valence-corrected chi connectivity index (χ3v) is 12.4. The average Bonchev–Trinajstić information content (AvgIpc) is 3.33. The molecule has 4 rings (SSSR count). The summed E-state index contributed by atoms with van der Waals surface area (Å²) in [6.07, 6.45) is 0.133. The number of fused-ring (bicyclic) bond motifs is 2. The molecule has 1 unspecified atom stereocenters. The van der Waals surface area contributed by atoms with Gasteiger partial charge in [-0.15, -0.1) is 0 Å². The molecule has 0 spiro atoms. The van der Waals surface area contributed by atoms with Gasteiger partial charge in [-0.05, 0) is 53.5 Å². The van der Waals surface area contributed by atoms with Gasteiger partial charge in [0.15, 0.2) is 36.9 Å². The van der Waals surface area contributed by atoms with Gasteiger partial charge in [-0.1, -0.05) is 26.8 Å². The van der Waals surface area contributed by atoms with Gasteiger partial charge >= 0.3 is 5.97 Å². The SMILES string of the molecule is COC(=O)[C@@H]1CC(C#N)(O[Si](C)(C)C(C)(C)C)c2cc3c(cc2[C@H]1c1ccc(OC)c(OC)c1)OCO3. The van der Waals surface area contributed by atoms with Crippen LogP contribution in [0.3, 0.4) is 0 Å². The molecule has 198 valence electrons. The minimum absolute atomic E-state index is 0.0856. The van der Waals surface area contributed by atoms with E-state index in [4.69, 9.17) is 28.1 Å². The van der Waals surface area contributed by atoms with Crippen LogP contribution in [-0.4, -0.2) is 42.4 Å². The van der Waals surface area contributed by atoms with E-state index in [1.54, 1.807) is 14.2 Å². The Morgan fingerprint density at radius 1 is 1.05 bits per heavy atom. The van der Waals surface area contributed by atoms with E-state index < -0.39 is 31.7 Å². The summed E-state index contributed by atoms with van der Waals surface area (Å²) >= 11 is 0. The number of carbonyl (C=O) groups is 1. The van der Waals surface area contributed by atoms with Crippen molar-refractivity contribution in [3.05, 3.63) is 47.0 Å². The Balaban J connectivity index is 2.00. The minimum Gasteiger partial charge on any atom is -0.493 e. The zero-order valence-electron chi connectivity index (χ0n) is 22.8. The highest BCUT2D eigenvalue weighted by Crippen LogP contribution is 2.55. The first kappa shape index (κ1) is 26.8. The molecule has 9 heteroatoms. The van der Waals surface area contributed by atoms with E-state index >= 15 is 0 Å². The van der Waals surface area contributed by atoms with E-state index in [9.17, 15) is 10.1 Å². The molecule has 2 aromatic carbocycles. The van der Waals surface area contributed by atoms with Crippen LogP contribution in [0.2, 0.25) is 18.1 Å². The second-order valence-electron chi connectivity index (χ2n) is 11.0. The van der Waals surface area contributed by atoms with Crippen LogP contribution >= 0.6 is 0 Å². The molecule has 0 fully saturated rings. The van der Waals surface area contributed by atoms with Crippen LogP contribution in [0.15, 0.2) is 30.3 Å². The molecule has 1 aliphatic carbocycles. The van der Waals surface area contributed by atoms with Gasteiger partial charge in [0.25, 0.3) is 0 Å². The van der Waals surface area contributed by atoms with Gasteiger partial charge in [0.2, 0.25) is 6.79 Å². The van der Waals surface area contributed by atoms with Gasteiger partial charge < -0.3 is 28.1 Å². The Kier molecular flexibility index (Phi) is 6.95. The average molecular weight is 526 g/mol. The number of nitriles is 1. The molecule has 0 aromatic heterocycles. The molecule has 2 aliphatic rings. The molecular weight excluding hydrogens is 490 g/mol. The van der Waals surface area contributed by atoms with Crippen LogP contribution in [0.1, 0.15) is 49.8 Å². The zero-order valence-corrected chi connectivity index (χ0v) is 23.8. The summed E-state index contributed by atoms with van der Waals surface area (Å²) in [4.78, 5) is 13.4. The summed E-state index contributed by atoms with van der Waals surface area (Å²) in [6.45, 7) is 10.7. The summed E-state index contributed by atoms with van der Waals surface area (Å²) in [5.74, 6) is 0.688. The summed E-state index contributed by atoms with van der Waals surface area (Å²) in [7, 11) is 2.04. The maximum Gasteiger partial charge on any atom is 0.309 e. The standard InChI is InChI=1S/C28H35NO7Si/c1-27(2,3)37(7,8)36-28(15-29)14-19(26(30)33-6)25(17-9-10-21(31-4)22(11-17)32-5)18-12-23-24(13-20(18)28)35-16-34-23/h9-13,19,25H,14,16H2,1-8H3/t19-,25-,28?/m1/s1. The van der Waals surface area contributed by atoms with Gasteiger partial charge in [-0.25, -0.2) is 0 Å². The lowest BCUT2D eigenvalue weighted by Gasteiger charge is -2.47. The van der Waals surface area contributed by atoms with Crippen LogP contribution in [0.5, 0.6) is 23.0 Å². The molecule has 0 saturated heterocycles. The van der Waals surface area contributed by atoms with Crippen LogP contribution < -0.4 is 18.9 Å². The van der Waals surface area contributed by atoms with E-state index in [-0.39, 0.29) is 18.3 Å². The lowest BCUT2D eigenvalue weighted by atomic mass is 9.66. The number of hydrogen-bond acceptors (Lipinski definition) is 8. The normalized spacial score (nSPS) is 22.6. The molecule has 2 aromatic rings. The number of methoxy groups -OCH3 is 3. The number of rotatable bonds is 6. The van der Waals surface area contributed by atoms with Crippen LogP contribution in [0.4, 0.5) is 0 Å². The highest BCUT2D eigenvalue weighted by atomic mass is 28.4. The second-order valence-corrected chi connectivity index (χ2v) is 15.7. The number of carbonyl (C=O) groups excluding carboxylic acids is 1. The van der Waals surface area contributed by atoms with Crippen LogP contribution in [0, 0.1) is 17.2 Å². The first-order valence-corrected chi connectivity index (χ1v) is 15.2. The summed E-state index contributed by atoms with van der Waals surface area (Å²) in [5.41, 5.74) is 0.903. The largest absolute Gasteiger partial charge is 0.493 e. The van der Waals surface area contributed by atoms with Crippen molar-refractivity contribution in [2.45, 2.75) is 56.8 Å². The Labute approximate surface area is 219 Å². The third-order valence-electron chi connectivity index (χ3n) is 7.91. The van der Waals surface area contributed by atoms with E-state index in [2.05, 4.69) is 39.9 Å². The molecule has 0 bridgehead atoms. The van der Waals surface area contributed by atoms with E-state index in [1.807, 2.05) is 30.3 Å². The zero-order chi connectivity index (χ0) is 27.2. The minimum atomic E-state index is -2.47. The third kappa shape index (κ3) is 4.53. The molecule has 1 heterocycles. The molecule has 3 atom stereocenters. The quantitative estimate of drug-likeness (QED) is 0.360. The van der Waals surface area contributed by atoms with Crippen molar-refractivity contribution in [3.8, 4) is 29.1 Å². The first-order chi connectivity index (χ1) is 17.4. The van der Waals surface area contributed by atoms with Crippen molar-refractivity contribution < 1.29 is 32.9 Å². The monoisotopic (exact) mass is 525 g/mol. The fraction of sp³-hybridized carbons (Fsp3) is 0.500. The van der Waals surface area contributed by atoms with Gasteiger partial charge in [-0.3, -0.25) is 4.79 Å². The molecule has 0 N–H and O–H groups in total. The lowest BCUT2D eigenvalue weighted by Crippen LogP contribution is -2.51. The molecule has 0 amide bonds. The van der Waals surface area contributed by atoms with Crippen molar-refractivity contribution >= 4 is 14.3 Å². The van der Waals surface area contributed by atoms with Gasteiger partial charge in [0, 0.05) is 17.9 Å². The molecule has 0 saturated carbocycles. The lowest BCUT2D eigenvalue weighted by molar-refractivity contribution is -0.148. The topological polar surface area (TPSA) is 96.2 Å². The molecule has 1 aliphatic heterocycles. The number of esters is 1. The van der Waals surface area contributed by atoms with Gasteiger partial charge in [-0.2, -0.15) is 5.26 Å². The van der Waals surface area contributed by atoms with Crippen LogP contribution in [0.25, 0.3) is 0 Å². The summed E-state index contributed by atoms with van der Waals surface area (Å²) in [5, 5.41) is 10.6. The highest BCUT2D eigenvalue weighted by Gasteiger charge is 2.54. The highest BCUT2D eigenvalue weighted by molar-refractivity contribution is 6.74. The van der Waals surface area contributed by atoms with Gasteiger partial charge in [0.1, 0.15) is 6.07 Å². The Morgan fingerprint density at radius 3 is 2.27 bits per heavy atom. The van der Waals surface area contributed by atoms with Crippen molar-refractivity contribution in [1.29, 1.82) is 5.26 Å². The van der Waals surface area contributed by atoms with Crippen molar-refractivity contribution in [1.82, 2.24) is 0 Å². The smallest absolute Gasteiger partial charge is 0.309 e. The van der Waals surface area contributed by atoms with E-state index in [0.717, 1.165) is 11.1 Å². The number of ether oxygens (including phenoxy) is 5. The first-order valence-electron chi connectivity index (χ1n) is 12.3.